The van der Waals surface area contributed by atoms with Crippen LogP contribution in [0.15, 0.2) is 48.9 Å². The van der Waals surface area contributed by atoms with Crippen molar-refractivity contribution in [1.29, 1.82) is 0 Å². The van der Waals surface area contributed by atoms with Gasteiger partial charge in [0, 0.05) is 50.9 Å². The molecule has 0 bridgehead atoms. The van der Waals surface area contributed by atoms with Crippen molar-refractivity contribution >= 4 is 11.7 Å². The Kier molecular flexibility index (Phi) is 7.41. The third-order valence-electron chi connectivity index (χ3n) is 5.44. The van der Waals surface area contributed by atoms with Gasteiger partial charge in [-0.3, -0.25) is 9.78 Å². The van der Waals surface area contributed by atoms with Crippen LogP contribution in [0.1, 0.15) is 40.9 Å². The molecule has 3 aromatic heterocycles. The number of halogens is 2. The Morgan fingerprint density at radius 3 is 2.59 bits per heavy atom. The Labute approximate surface area is 195 Å². The van der Waals surface area contributed by atoms with E-state index < -0.39 is 12.3 Å². The molecule has 1 aliphatic heterocycles. The largest absolute Gasteiger partial charge is 0.489 e. The second-order valence-electron chi connectivity index (χ2n) is 7.69. The van der Waals surface area contributed by atoms with Crippen molar-refractivity contribution in [2.45, 2.75) is 31.9 Å². The van der Waals surface area contributed by atoms with E-state index >= 15 is 0 Å². The van der Waals surface area contributed by atoms with Crippen LogP contribution in [0.25, 0.3) is 0 Å². The van der Waals surface area contributed by atoms with Gasteiger partial charge in [-0.05, 0) is 29.8 Å². The van der Waals surface area contributed by atoms with Gasteiger partial charge in [0.05, 0.1) is 18.9 Å². The monoisotopic (exact) mass is 470 g/mol. The van der Waals surface area contributed by atoms with E-state index in [0.29, 0.717) is 37.6 Å². The number of piperidine rings is 1. The molecular formula is C23H24F2N6O3. The van der Waals surface area contributed by atoms with Gasteiger partial charge in [0.2, 0.25) is 5.88 Å². The molecule has 4 heterocycles. The Hall–Kier alpha value is -3.89. The first kappa shape index (κ1) is 23.3. The first-order chi connectivity index (χ1) is 16.5. The van der Waals surface area contributed by atoms with E-state index in [-0.39, 0.29) is 29.7 Å². The fourth-order valence-corrected chi connectivity index (χ4v) is 3.63. The lowest BCUT2D eigenvalue weighted by molar-refractivity contribution is 0.0944. The van der Waals surface area contributed by atoms with E-state index in [9.17, 15) is 13.6 Å². The van der Waals surface area contributed by atoms with Crippen LogP contribution in [0.5, 0.6) is 11.6 Å². The Bertz CT molecular complexity index is 1090. The summed E-state index contributed by atoms with van der Waals surface area (Å²) in [5.74, 6) is 0.632. The molecule has 0 radical (unpaired) electrons. The van der Waals surface area contributed by atoms with E-state index in [4.69, 9.17) is 9.47 Å². The van der Waals surface area contributed by atoms with Crippen molar-refractivity contribution in [2.75, 3.05) is 25.1 Å². The van der Waals surface area contributed by atoms with Gasteiger partial charge in [0.1, 0.15) is 11.9 Å². The van der Waals surface area contributed by atoms with Crippen molar-refractivity contribution in [3.8, 4) is 11.6 Å². The predicted octanol–water partition coefficient (Wildman–Crippen LogP) is 3.19. The number of nitrogens with one attached hydrogen (secondary N) is 1. The molecule has 3 aromatic rings. The zero-order valence-electron chi connectivity index (χ0n) is 18.5. The number of carbonyl (C=O) groups is 1. The van der Waals surface area contributed by atoms with Gasteiger partial charge < -0.3 is 19.7 Å². The molecule has 1 N–H and O–H groups in total. The molecule has 1 saturated heterocycles. The van der Waals surface area contributed by atoms with Gasteiger partial charge >= 0.3 is 0 Å². The highest BCUT2D eigenvalue weighted by atomic mass is 19.3. The molecule has 178 valence electrons. The average molecular weight is 470 g/mol. The van der Waals surface area contributed by atoms with Crippen molar-refractivity contribution in [2.24, 2.45) is 0 Å². The molecule has 1 amide bonds. The Balaban J connectivity index is 1.38. The highest BCUT2D eigenvalue weighted by Gasteiger charge is 2.27. The lowest BCUT2D eigenvalue weighted by Gasteiger charge is -2.33. The molecule has 11 heteroatoms. The summed E-state index contributed by atoms with van der Waals surface area (Å²) in [5, 5.41) is 10.6. The maximum atomic E-state index is 13.8. The number of hydrogen-bond donors (Lipinski definition) is 1. The van der Waals surface area contributed by atoms with E-state index in [0.717, 1.165) is 11.6 Å². The summed E-state index contributed by atoms with van der Waals surface area (Å²) in [7, 11) is 1.54. The third kappa shape index (κ3) is 5.72. The number of aromatic nitrogens is 4. The number of anilines is 1. The molecule has 0 aliphatic carbocycles. The van der Waals surface area contributed by atoms with Crippen LogP contribution in [0, 0.1) is 0 Å². The van der Waals surface area contributed by atoms with Crippen LogP contribution >= 0.6 is 0 Å². The van der Waals surface area contributed by atoms with Gasteiger partial charge in [-0.25, -0.2) is 13.8 Å². The number of pyridine rings is 2. The molecule has 1 aliphatic rings. The summed E-state index contributed by atoms with van der Waals surface area (Å²) in [6.07, 6.45) is 3.16. The van der Waals surface area contributed by atoms with E-state index in [2.05, 4.69) is 25.5 Å². The van der Waals surface area contributed by atoms with Crippen LogP contribution in [0.4, 0.5) is 14.6 Å². The van der Waals surface area contributed by atoms with Crippen LogP contribution in [0.3, 0.4) is 0 Å². The zero-order chi connectivity index (χ0) is 23.9. The van der Waals surface area contributed by atoms with Crippen molar-refractivity contribution in [3.05, 3.63) is 65.7 Å². The quantitative estimate of drug-likeness (QED) is 0.536. The summed E-state index contributed by atoms with van der Waals surface area (Å²) >= 11 is 0. The zero-order valence-corrected chi connectivity index (χ0v) is 18.5. The maximum absolute atomic E-state index is 13.8. The highest BCUT2D eigenvalue weighted by molar-refractivity contribution is 5.92. The van der Waals surface area contributed by atoms with Gasteiger partial charge in [0.25, 0.3) is 12.3 Å². The number of carbonyl (C=O) groups excluding carboxylic acids is 1. The van der Waals surface area contributed by atoms with Crippen LogP contribution in [0.2, 0.25) is 0 Å². The Morgan fingerprint density at radius 1 is 1.18 bits per heavy atom. The SMILES string of the molecule is COc1ccc(OC2CCN(c3nnc(C(=O)NCc4ccncc4)cc3C(F)F)CC2)cn1. The van der Waals surface area contributed by atoms with E-state index in [1.165, 1.54) is 7.11 Å². The molecule has 0 aromatic carbocycles. The molecule has 4 rings (SSSR count). The average Bonchev–Trinajstić information content (AvgIpc) is 2.88. The number of amides is 1. The number of methoxy groups -OCH3 is 1. The minimum Gasteiger partial charge on any atom is -0.489 e. The predicted molar refractivity (Wildman–Crippen MR) is 119 cm³/mol. The molecule has 0 unspecified atom stereocenters. The van der Waals surface area contributed by atoms with E-state index in [1.807, 2.05) is 0 Å². The summed E-state index contributed by atoms with van der Waals surface area (Å²) in [6, 6.07) is 8.09. The van der Waals surface area contributed by atoms with Crippen molar-refractivity contribution < 1.29 is 23.0 Å². The minimum atomic E-state index is -2.79. The molecule has 0 saturated carbocycles. The Morgan fingerprint density at radius 2 is 1.94 bits per heavy atom. The second kappa shape index (κ2) is 10.8. The lowest BCUT2D eigenvalue weighted by atomic mass is 10.1. The van der Waals surface area contributed by atoms with Gasteiger partial charge in [-0.1, -0.05) is 0 Å². The maximum Gasteiger partial charge on any atom is 0.272 e. The van der Waals surface area contributed by atoms with Crippen LogP contribution in [-0.4, -0.2) is 52.4 Å². The molecule has 0 atom stereocenters. The van der Waals surface area contributed by atoms with Gasteiger partial charge in [-0.15, -0.1) is 10.2 Å². The first-order valence-corrected chi connectivity index (χ1v) is 10.8. The summed E-state index contributed by atoms with van der Waals surface area (Å²) in [6.45, 7) is 1.17. The van der Waals surface area contributed by atoms with Gasteiger partial charge in [0.15, 0.2) is 11.5 Å². The highest BCUT2D eigenvalue weighted by Crippen LogP contribution is 2.30. The summed E-state index contributed by atoms with van der Waals surface area (Å²) in [4.78, 5) is 22.2. The van der Waals surface area contributed by atoms with Crippen LogP contribution in [-0.2, 0) is 6.54 Å². The van der Waals surface area contributed by atoms with Crippen molar-refractivity contribution in [3.63, 3.8) is 0 Å². The first-order valence-electron chi connectivity index (χ1n) is 10.8. The fourth-order valence-electron chi connectivity index (χ4n) is 3.63. The number of rotatable bonds is 8. The topological polar surface area (TPSA) is 102 Å². The molecule has 34 heavy (non-hydrogen) atoms. The molecule has 0 spiro atoms. The van der Waals surface area contributed by atoms with Crippen molar-refractivity contribution in [1.82, 2.24) is 25.5 Å². The minimum absolute atomic E-state index is 0.0763. The van der Waals surface area contributed by atoms with Crippen LogP contribution < -0.4 is 19.7 Å². The number of hydrogen-bond acceptors (Lipinski definition) is 8. The normalized spacial score (nSPS) is 14.2. The number of alkyl halides is 2. The fraction of sp³-hybridized carbons (Fsp3) is 0.348. The molecular weight excluding hydrogens is 446 g/mol. The molecule has 9 nitrogen and oxygen atoms in total. The van der Waals surface area contributed by atoms with E-state index in [1.54, 1.807) is 47.8 Å². The number of ether oxygens (including phenoxy) is 2. The lowest BCUT2D eigenvalue weighted by Crippen LogP contribution is -2.39. The third-order valence-corrected chi connectivity index (χ3v) is 5.44. The van der Waals surface area contributed by atoms with Gasteiger partial charge in [-0.2, -0.15) is 0 Å². The summed E-state index contributed by atoms with van der Waals surface area (Å²) < 4.78 is 38.6. The summed E-state index contributed by atoms with van der Waals surface area (Å²) in [5.41, 5.74) is 0.360. The molecule has 1 fully saturated rings. The second-order valence-corrected chi connectivity index (χ2v) is 7.69. The smallest absolute Gasteiger partial charge is 0.272 e. The standard InChI is InChI=1S/C23H24F2N6O3/c1-33-20-3-2-17(14-27-20)34-16-6-10-31(11-7-16)22-18(21(24)25)12-19(29-30-22)23(32)28-13-15-4-8-26-9-5-15/h2-5,8-9,12,14,16,21H,6-7,10-11,13H2,1H3,(H,28,32). The number of nitrogens with zero attached hydrogens (tertiary/aromatic N) is 5.